The first-order chi connectivity index (χ1) is 9.42. The maximum atomic E-state index is 4.44. The molecule has 0 saturated carbocycles. The van der Waals surface area contributed by atoms with E-state index < -0.39 is 0 Å². The van der Waals surface area contributed by atoms with Crippen molar-refractivity contribution in [3.05, 3.63) is 84.4 Å². The maximum absolute atomic E-state index is 4.44. The standard InChI is InChI=1S/C17H14N2.BrH/c1-2-4-14(5-3-1)12-17-13-16(8-11-19-17)15-6-9-18-10-7-15;/h1-11,13H,12H2;1H. The van der Waals surface area contributed by atoms with Crippen molar-refractivity contribution in [2.45, 2.75) is 6.42 Å². The summed E-state index contributed by atoms with van der Waals surface area (Å²) >= 11 is 0. The Kier molecular flexibility index (Phi) is 5.02. The average molecular weight is 327 g/mol. The summed E-state index contributed by atoms with van der Waals surface area (Å²) in [6, 6.07) is 18.6. The molecule has 0 amide bonds. The summed E-state index contributed by atoms with van der Waals surface area (Å²) in [5.41, 5.74) is 4.72. The fraction of sp³-hybridized carbons (Fsp3) is 0.0588. The van der Waals surface area contributed by atoms with Gasteiger partial charge in [0.2, 0.25) is 0 Å². The molecule has 20 heavy (non-hydrogen) atoms. The Labute approximate surface area is 129 Å². The van der Waals surface area contributed by atoms with E-state index in [1.807, 2.05) is 42.9 Å². The first kappa shape index (κ1) is 14.4. The Hall–Kier alpha value is -2.00. The van der Waals surface area contributed by atoms with Crippen molar-refractivity contribution in [2.24, 2.45) is 0 Å². The molecule has 0 radical (unpaired) electrons. The van der Waals surface area contributed by atoms with Crippen LogP contribution >= 0.6 is 17.0 Å². The molecule has 0 spiro atoms. The van der Waals surface area contributed by atoms with Crippen LogP contribution in [-0.2, 0) is 6.42 Å². The summed E-state index contributed by atoms with van der Waals surface area (Å²) in [5, 5.41) is 0. The van der Waals surface area contributed by atoms with E-state index in [9.17, 15) is 0 Å². The molecule has 100 valence electrons. The Morgan fingerprint density at radius 2 is 1.45 bits per heavy atom. The molecular weight excluding hydrogens is 312 g/mol. The van der Waals surface area contributed by atoms with E-state index in [1.54, 1.807) is 0 Å². The summed E-state index contributed by atoms with van der Waals surface area (Å²) in [6.07, 6.45) is 6.35. The lowest BCUT2D eigenvalue weighted by Crippen LogP contribution is -1.92. The van der Waals surface area contributed by atoms with E-state index in [2.05, 4.69) is 40.3 Å². The number of aromatic nitrogens is 2. The molecule has 0 bridgehead atoms. The highest BCUT2D eigenvalue weighted by Crippen LogP contribution is 2.19. The molecule has 2 heterocycles. The number of pyridine rings is 2. The second-order valence-electron chi connectivity index (χ2n) is 4.43. The molecule has 0 unspecified atom stereocenters. The van der Waals surface area contributed by atoms with Gasteiger partial charge in [-0.15, -0.1) is 17.0 Å². The lowest BCUT2D eigenvalue weighted by atomic mass is 10.0. The van der Waals surface area contributed by atoms with Crippen molar-refractivity contribution >= 4 is 17.0 Å². The predicted molar refractivity (Wildman–Crippen MR) is 87.0 cm³/mol. The molecule has 0 N–H and O–H groups in total. The highest BCUT2D eigenvalue weighted by molar-refractivity contribution is 8.93. The number of rotatable bonds is 3. The minimum absolute atomic E-state index is 0. The number of hydrogen-bond donors (Lipinski definition) is 0. The predicted octanol–water partition coefficient (Wildman–Crippen LogP) is 4.31. The Balaban J connectivity index is 0.00000147. The van der Waals surface area contributed by atoms with Gasteiger partial charge < -0.3 is 0 Å². The third kappa shape index (κ3) is 3.52. The van der Waals surface area contributed by atoms with Crippen LogP contribution in [-0.4, -0.2) is 9.97 Å². The van der Waals surface area contributed by atoms with Gasteiger partial charge in [0, 0.05) is 30.7 Å². The number of benzene rings is 1. The van der Waals surface area contributed by atoms with Gasteiger partial charge >= 0.3 is 0 Å². The zero-order valence-corrected chi connectivity index (χ0v) is 12.7. The molecule has 0 aliphatic carbocycles. The van der Waals surface area contributed by atoms with Crippen LogP contribution in [0.2, 0.25) is 0 Å². The molecule has 3 aromatic rings. The monoisotopic (exact) mass is 326 g/mol. The maximum Gasteiger partial charge on any atom is 0.0453 e. The molecular formula is C17H15BrN2. The quantitative estimate of drug-likeness (QED) is 0.716. The molecule has 0 fully saturated rings. The van der Waals surface area contributed by atoms with Crippen molar-refractivity contribution in [3.8, 4) is 11.1 Å². The van der Waals surface area contributed by atoms with Crippen LogP contribution in [0, 0.1) is 0 Å². The highest BCUT2D eigenvalue weighted by atomic mass is 79.9. The average Bonchev–Trinajstić information content (AvgIpc) is 2.49. The molecule has 3 rings (SSSR count). The van der Waals surface area contributed by atoms with Gasteiger partial charge in [-0.2, -0.15) is 0 Å². The van der Waals surface area contributed by atoms with Crippen LogP contribution in [0.4, 0.5) is 0 Å². The van der Waals surface area contributed by atoms with Gasteiger partial charge in [-0.3, -0.25) is 9.97 Å². The lowest BCUT2D eigenvalue weighted by molar-refractivity contribution is 1.08. The van der Waals surface area contributed by atoms with E-state index in [0.29, 0.717) is 0 Å². The normalized spacial score (nSPS) is 9.80. The van der Waals surface area contributed by atoms with Gasteiger partial charge in [-0.05, 0) is 41.0 Å². The van der Waals surface area contributed by atoms with Crippen LogP contribution < -0.4 is 0 Å². The zero-order valence-electron chi connectivity index (χ0n) is 10.9. The molecule has 2 nitrogen and oxygen atoms in total. The molecule has 1 aromatic carbocycles. The number of hydrogen-bond acceptors (Lipinski definition) is 2. The van der Waals surface area contributed by atoms with Gasteiger partial charge in [-0.1, -0.05) is 30.3 Å². The second-order valence-corrected chi connectivity index (χ2v) is 4.43. The molecule has 3 heteroatoms. The summed E-state index contributed by atoms with van der Waals surface area (Å²) < 4.78 is 0. The van der Waals surface area contributed by atoms with E-state index >= 15 is 0 Å². The van der Waals surface area contributed by atoms with Crippen molar-refractivity contribution < 1.29 is 0 Å². The molecule has 0 aliphatic rings. The summed E-state index contributed by atoms with van der Waals surface area (Å²) in [7, 11) is 0. The minimum Gasteiger partial charge on any atom is -0.265 e. The minimum atomic E-state index is 0. The van der Waals surface area contributed by atoms with Gasteiger partial charge in [0.1, 0.15) is 0 Å². The first-order valence-corrected chi connectivity index (χ1v) is 6.31. The van der Waals surface area contributed by atoms with E-state index in [0.717, 1.165) is 12.1 Å². The van der Waals surface area contributed by atoms with Crippen molar-refractivity contribution in [1.82, 2.24) is 9.97 Å². The first-order valence-electron chi connectivity index (χ1n) is 6.31. The van der Waals surface area contributed by atoms with Gasteiger partial charge in [0.25, 0.3) is 0 Å². The Morgan fingerprint density at radius 3 is 2.20 bits per heavy atom. The third-order valence-electron chi connectivity index (χ3n) is 3.06. The summed E-state index contributed by atoms with van der Waals surface area (Å²) in [4.78, 5) is 8.49. The number of nitrogens with zero attached hydrogens (tertiary/aromatic N) is 2. The van der Waals surface area contributed by atoms with Gasteiger partial charge in [0.05, 0.1) is 0 Å². The van der Waals surface area contributed by atoms with E-state index in [-0.39, 0.29) is 17.0 Å². The third-order valence-corrected chi connectivity index (χ3v) is 3.06. The topological polar surface area (TPSA) is 25.8 Å². The van der Waals surface area contributed by atoms with Crippen LogP contribution in [0.3, 0.4) is 0 Å². The summed E-state index contributed by atoms with van der Waals surface area (Å²) in [5.74, 6) is 0. The largest absolute Gasteiger partial charge is 0.265 e. The zero-order chi connectivity index (χ0) is 12.9. The van der Waals surface area contributed by atoms with Crippen LogP contribution in [0.15, 0.2) is 73.2 Å². The molecule has 0 aliphatic heterocycles. The molecule has 0 saturated heterocycles. The SMILES string of the molecule is Br.c1ccc(Cc2cc(-c3ccncc3)ccn2)cc1. The van der Waals surface area contributed by atoms with E-state index in [1.165, 1.54) is 16.7 Å². The van der Waals surface area contributed by atoms with E-state index in [4.69, 9.17) is 0 Å². The van der Waals surface area contributed by atoms with Gasteiger partial charge in [-0.25, -0.2) is 0 Å². The number of halogens is 1. The smallest absolute Gasteiger partial charge is 0.0453 e. The van der Waals surface area contributed by atoms with Crippen molar-refractivity contribution in [2.75, 3.05) is 0 Å². The highest BCUT2D eigenvalue weighted by Gasteiger charge is 2.01. The van der Waals surface area contributed by atoms with Crippen LogP contribution in [0.1, 0.15) is 11.3 Å². The van der Waals surface area contributed by atoms with Crippen LogP contribution in [0.5, 0.6) is 0 Å². The molecule has 0 atom stereocenters. The van der Waals surface area contributed by atoms with Gasteiger partial charge in [0.15, 0.2) is 0 Å². The molecule has 2 aromatic heterocycles. The second kappa shape index (κ2) is 6.96. The fourth-order valence-electron chi connectivity index (χ4n) is 2.10. The Morgan fingerprint density at radius 1 is 0.750 bits per heavy atom. The van der Waals surface area contributed by atoms with Crippen molar-refractivity contribution in [1.29, 1.82) is 0 Å². The summed E-state index contributed by atoms with van der Waals surface area (Å²) in [6.45, 7) is 0. The fourth-order valence-corrected chi connectivity index (χ4v) is 2.10. The Bertz CT molecular complexity index is 654. The van der Waals surface area contributed by atoms with Crippen LogP contribution in [0.25, 0.3) is 11.1 Å². The lowest BCUT2D eigenvalue weighted by Gasteiger charge is -2.05. The van der Waals surface area contributed by atoms with Crippen molar-refractivity contribution in [3.63, 3.8) is 0 Å².